The SMILES string of the molecule is CCNC(=NCCCOCCOC)NCCNC(=O)c1cccc(C)c1. The Balaban J connectivity index is 2.23. The number of hydrogen-bond donors (Lipinski definition) is 3. The van der Waals surface area contributed by atoms with Crippen LogP contribution in [0.4, 0.5) is 0 Å². The van der Waals surface area contributed by atoms with Crippen molar-refractivity contribution < 1.29 is 14.3 Å². The molecule has 0 spiro atoms. The molecule has 0 unspecified atom stereocenters. The first kappa shape index (κ1) is 21.9. The predicted octanol–water partition coefficient (Wildman–Crippen LogP) is 1.33. The van der Waals surface area contributed by atoms with Crippen LogP contribution in [0.1, 0.15) is 29.3 Å². The maximum atomic E-state index is 12.1. The number of carbonyl (C=O) groups is 1. The molecule has 0 heterocycles. The third-order valence-electron chi connectivity index (χ3n) is 3.48. The molecule has 0 fully saturated rings. The number of aryl methyl sites for hydroxylation is 1. The van der Waals surface area contributed by atoms with Crippen molar-refractivity contribution >= 4 is 11.9 Å². The van der Waals surface area contributed by atoms with E-state index in [1.54, 1.807) is 7.11 Å². The van der Waals surface area contributed by atoms with E-state index in [9.17, 15) is 4.79 Å². The van der Waals surface area contributed by atoms with Crippen molar-refractivity contribution in [1.29, 1.82) is 0 Å². The Morgan fingerprint density at radius 3 is 2.65 bits per heavy atom. The molecule has 26 heavy (non-hydrogen) atoms. The molecule has 1 rings (SSSR count). The van der Waals surface area contributed by atoms with Gasteiger partial charge in [0.05, 0.1) is 13.2 Å². The lowest BCUT2D eigenvalue weighted by Crippen LogP contribution is -2.41. The highest BCUT2D eigenvalue weighted by Gasteiger charge is 2.04. The Hall–Kier alpha value is -2.12. The number of benzene rings is 1. The summed E-state index contributed by atoms with van der Waals surface area (Å²) in [5, 5.41) is 9.30. The zero-order valence-corrected chi connectivity index (χ0v) is 16.1. The molecule has 0 saturated carbocycles. The lowest BCUT2D eigenvalue weighted by atomic mass is 10.1. The summed E-state index contributed by atoms with van der Waals surface area (Å²) in [5.74, 6) is 0.680. The van der Waals surface area contributed by atoms with Crippen LogP contribution in [0.5, 0.6) is 0 Å². The van der Waals surface area contributed by atoms with E-state index >= 15 is 0 Å². The number of carbonyl (C=O) groups excluding carboxylic acids is 1. The van der Waals surface area contributed by atoms with Crippen LogP contribution < -0.4 is 16.0 Å². The summed E-state index contributed by atoms with van der Waals surface area (Å²) in [6.45, 7) is 8.47. The number of aliphatic imine (C=N–C) groups is 1. The van der Waals surface area contributed by atoms with Crippen LogP contribution in [-0.4, -0.2) is 65.0 Å². The highest BCUT2D eigenvalue weighted by molar-refractivity contribution is 5.94. The summed E-state index contributed by atoms with van der Waals surface area (Å²) in [4.78, 5) is 16.6. The lowest BCUT2D eigenvalue weighted by Gasteiger charge is -2.12. The van der Waals surface area contributed by atoms with Gasteiger partial charge in [0.15, 0.2) is 5.96 Å². The molecule has 146 valence electrons. The molecule has 0 atom stereocenters. The molecule has 0 saturated heterocycles. The van der Waals surface area contributed by atoms with E-state index < -0.39 is 0 Å². The fourth-order valence-electron chi connectivity index (χ4n) is 2.19. The average Bonchev–Trinajstić information content (AvgIpc) is 2.64. The Kier molecular flexibility index (Phi) is 11.9. The summed E-state index contributed by atoms with van der Waals surface area (Å²) in [6.07, 6.45) is 0.852. The van der Waals surface area contributed by atoms with Crippen LogP contribution in [-0.2, 0) is 9.47 Å². The average molecular weight is 364 g/mol. The number of rotatable bonds is 12. The minimum Gasteiger partial charge on any atom is -0.382 e. The number of ether oxygens (including phenoxy) is 2. The summed E-state index contributed by atoms with van der Waals surface area (Å²) in [5.41, 5.74) is 1.75. The van der Waals surface area contributed by atoms with E-state index in [0.29, 0.717) is 45.0 Å². The molecular weight excluding hydrogens is 332 g/mol. The maximum absolute atomic E-state index is 12.1. The van der Waals surface area contributed by atoms with Gasteiger partial charge in [-0.15, -0.1) is 0 Å². The molecule has 1 aromatic carbocycles. The van der Waals surface area contributed by atoms with E-state index in [1.165, 1.54) is 0 Å². The molecule has 1 amide bonds. The van der Waals surface area contributed by atoms with Gasteiger partial charge in [0.2, 0.25) is 0 Å². The summed E-state index contributed by atoms with van der Waals surface area (Å²) in [6, 6.07) is 7.55. The zero-order valence-electron chi connectivity index (χ0n) is 16.1. The third-order valence-corrected chi connectivity index (χ3v) is 3.48. The molecule has 7 heteroatoms. The van der Waals surface area contributed by atoms with Crippen LogP contribution in [0.15, 0.2) is 29.3 Å². The van der Waals surface area contributed by atoms with Gasteiger partial charge in [-0.3, -0.25) is 9.79 Å². The molecule has 0 aliphatic carbocycles. The molecule has 0 radical (unpaired) electrons. The number of nitrogens with zero attached hydrogens (tertiary/aromatic N) is 1. The predicted molar refractivity (Wildman–Crippen MR) is 105 cm³/mol. The molecule has 0 aliphatic heterocycles. The van der Waals surface area contributed by atoms with Crippen molar-refractivity contribution in [1.82, 2.24) is 16.0 Å². The summed E-state index contributed by atoms with van der Waals surface area (Å²) in [7, 11) is 1.66. The van der Waals surface area contributed by atoms with Crippen LogP contribution >= 0.6 is 0 Å². The summed E-state index contributed by atoms with van der Waals surface area (Å²) >= 11 is 0. The number of hydrogen-bond acceptors (Lipinski definition) is 4. The largest absolute Gasteiger partial charge is 0.382 e. The van der Waals surface area contributed by atoms with Crippen molar-refractivity contribution in [2.45, 2.75) is 20.3 Å². The molecular formula is C19H32N4O3. The second-order valence-electron chi connectivity index (χ2n) is 5.77. The normalized spacial score (nSPS) is 11.3. The van der Waals surface area contributed by atoms with E-state index in [2.05, 4.69) is 20.9 Å². The van der Waals surface area contributed by atoms with Gasteiger partial charge >= 0.3 is 0 Å². The third kappa shape index (κ3) is 10.0. The first-order valence-electron chi connectivity index (χ1n) is 9.11. The Morgan fingerprint density at radius 2 is 1.92 bits per heavy atom. The van der Waals surface area contributed by atoms with Gasteiger partial charge in [-0.2, -0.15) is 0 Å². The fourth-order valence-corrected chi connectivity index (χ4v) is 2.19. The van der Waals surface area contributed by atoms with Crippen molar-refractivity contribution in [3.8, 4) is 0 Å². The molecule has 0 aliphatic rings. The minimum atomic E-state index is -0.0642. The number of guanidine groups is 1. The quantitative estimate of drug-likeness (QED) is 0.296. The van der Waals surface area contributed by atoms with Gasteiger partial charge in [-0.25, -0.2) is 0 Å². The first-order chi connectivity index (χ1) is 12.7. The topological polar surface area (TPSA) is 84.0 Å². The minimum absolute atomic E-state index is 0.0642. The second kappa shape index (κ2) is 14.1. The lowest BCUT2D eigenvalue weighted by molar-refractivity contribution is 0.0702. The fraction of sp³-hybridized carbons (Fsp3) is 0.579. The number of nitrogens with one attached hydrogen (secondary N) is 3. The highest BCUT2D eigenvalue weighted by atomic mass is 16.5. The van der Waals surface area contributed by atoms with Gasteiger partial charge in [-0.05, 0) is 32.4 Å². The Morgan fingerprint density at radius 1 is 1.12 bits per heavy atom. The van der Waals surface area contributed by atoms with Crippen LogP contribution in [0.25, 0.3) is 0 Å². The molecule has 7 nitrogen and oxygen atoms in total. The van der Waals surface area contributed by atoms with Crippen LogP contribution in [0.2, 0.25) is 0 Å². The van der Waals surface area contributed by atoms with Gasteiger partial charge in [0.1, 0.15) is 0 Å². The monoisotopic (exact) mass is 364 g/mol. The van der Waals surface area contributed by atoms with Gasteiger partial charge in [-0.1, -0.05) is 17.7 Å². The van der Waals surface area contributed by atoms with Gasteiger partial charge in [0.25, 0.3) is 5.91 Å². The van der Waals surface area contributed by atoms with Crippen LogP contribution in [0, 0.1) is 6.92 Å². The molecule has 0 aromatic heterocycles. The zero-order chi connectivity index (χ0) is 19.0. The van der Waals surface area contributed by atoms with Crippen molar-refractivity contribution in [2.75, 3.05) is 53.1 Å². The number of amides is 1. The second-order valence-corrected chi connectivity index (χ2v) is 5.77. The van der Waals surface area contributed by atoms with Gasteiger partial charge in [0, 0.05) is 45.5 Å². The van der Waals surface area contributed by atoms with E-state index in [0.717, 1.165) is 24.5 Å². The molecule has 3 N–H and O–H groups in total. The standard InChI is InChI=1S/C19H32N4O3/c1-4-20-19(22-9-6-12-26-14-13-25-3)23-11-10-21-18(24)17-8-5-7-16(2)15-17/h5,7-8,15H,4,6,9-14H2,1-3H3,(H,21,24)(H2,20,22,23). The Bertz CT molecular complexity index is 549. The van der Waals surface area contributed by atoms with E-state index in [4.69, 9.17) is 9.47 Å². The van der Waals surface area contributed by atoms with Crippen molar-refractivity contribution in [3.05, 3.63) is 35.4 Å². The van der Waals surface area contributed by atoms with Gasteiger partial charge < -0.3 is 25.4 Å². The van der Waals surface area contributed by atoms with Crippen molar-refractivity contribution in [2.24, 2.45) is 4.99 Å². The van der Waals surface area contributed by atoms with Crippen molar-refractivity contribution in [3.63, 3.8) is 0 Å². The Labute approximate surface area is 156 Å². The first-order valence-corrected chi connectivity index (χ1v) is 9.11. The van der Waals surface area contributed by atoms with E-state index in [-0.39, 0.29) is 5.91 Å². The van der Waals surface area contributed by atoms with E-state index in [1.807, 2.05) is 38.1 Å². The molecule has 1 aromatic rings. The number of methoxy groups -OCH3 is 1. The summed E-state index contributed by atoms with van der Waals surface area (Å²) < 4.78 is 10.3. The molecule has 0 bridgehead atoms. The van der Waals surface area contributed by atoms with Crippen LogP contribution in [0.3, 0.4) is 0 Å². The highest BCUT2D eigenvalue weighted by Crippen LogP contribution is 2.03. The smallest absolute Gasteiger partial charge is 0.251 e. The maximum Gasteiger partial charge on any atom is 0.251 e.